The molecule has 4 rings (SSSR count). The fourth-order valence-electron chi connectivity index (χ4n) is 4.11. The van der Waals surface area contributed by atoms with Crippen LogP contribution in [0.2, 0.25) is 5.02 Å². The van der Waals surface area contributed by atoms with Crippen LogP contribution in [0.5, 0.6) is 0 Å². The van der Waals surface area contributed by atoms with Crippen LogP contribution in [0, 0.1) is 13.8 Å². The van der Waals surface area contributed by atoms with Gasteiger partial charge in [-0.15, -0.1) is 0 Å². The summed E-state index contributed by atoms with van der Waals surface area (Å²) in [6.45, 7) is 12.9. The molecule has 2 aromatic heterocycles. The topological polar surface area (TPSA) is 62.7 Å². The highest BCUT2D eigenvalue weighted by atomic mass is 35.5. The molecule has 0 atom stereocenters. The van der Waals surface area contributed by atoms with E-state index in [-0.39, 0.29) is 10.8 Å². The van der Waals surface area contributed by atoms with Crippen molar-refractivity contribution in [3.63, 3.8) is 0 Å². The monoisotopic (exact) mass is 410 g/mol. The first-order valence-corrected chi connectivity index (χ1v) is 10.4. The third-order valence-corrected chi connectivity index (χ3v) is 5.95. The number of fused-ring (bicyclic) bond motifs is 1. The van der Waals surface area contributed by atoms with Crippen LogP contribution in [0.3, 0.4) is 0 Å². The van der Waals surface area contributed by atoms with E-state index in [4.69, 9.17) is 11.6 Å². The lowest BCUT2D eigenvalue weighted by molar-refractivity contribution is 0.476. The molecule has 0 spiro atoms. The van der Waals surface area contributed by atoms with Gasteiger partial charge in [0.05, 0.1) is 24.0 Å². The quantitative estimate of drug-likeness (QED) is 0.650. The Bertz CT molecular complexity index is 1150. The molecule has 1 aromatic carbocycles. The van der Waals surface area contributed by atoms with Gasteiger partial charge in [-0.25, -0.2) is 0 Å². The molecule has 6 heteroatoms. The number of aromatic nitrogens is 3. The molecule has 3 heterocycles. The summed E-state index contributed by atoms with van der Waals surface area (Å²) in [5.74, 6) is 0. The predicted molar refractivity (Wildman–Crippen MR) is 119 cm³/mol. The van der Waals surface area contributed by atoms with E-state index in [0.29, 0.717) is 5.56 Å². The molecule has 5 nitrogen and oxygen atoms in total. The first-order chi connectivity index (χ1) is 13.7. The molecular formula is C23H27ClN4O. The number of H-pyrrole nitrogens is 1. The molecule has 152 valence electrons. The van der Waals surface area contributed by atoms with E-state index in [1.165, 1.54) is 0 Å². The number of hydrogen-bond donors (Lipinski definition) is 2. The minimum absolute atomic E-state index is 0.00644. The normalized spacial score (nSPS) is 14.1. The van der Waals surface area contributed by atoms with Gasteiger partial charge in [-0.1, -0.05) is 38.4 Å². The minimum Gasteiger partial charge on any atom is -0.358 e. The molecule has 29 heavy (non-hydrogen) atoms. The Labute approximate surface area is 176 Å². The number of rotatable bonds is 2. The van der Waals surface area contributed by atoms with Crippen molar-refractivity contribution in [2.45, 2.75) is 53.1 Å². The molecule has 2 N–H and O–H groups in total. The van der Waals surface area contributed by atoms with E-state index >= 15 is 0 Å². The van der Waals surface area contributed by atoms with E-state index in [0.717, 1.165) is 64.0 Å². The molecule has 0 amide bonds. The van der Waals surface area contributed by atoms with Crippen LogP contribution in [0.1, 0.15) is 43.3 Å². The maximum absolute atomic E-state index is 13.1. The standard InChI is InChI=1S/C23H27ClN4O/c1-13-8-17(23(3,4)5)18(24)9-15(13)19-10-21(29)22(14(2)27-19)16-11-26-28-7-6-25-12-20(16)28/h8-11,25H,6-7,12H2,1-5H3,(H,27,29). The predicted octanol–water partition coefficient (Wildman–Crippen LogP) is 4.58. The van der Waals surface area contributed by atoms with E-state index in [9.17, 15) is 4.79 Å². The second-order valence-electron chi connectivity index (χ2n) is 8.85. The van der Waals surface area contributed by atoms with Crippen molar-refractivity contribution in [2.75, 3.05) is 6.54 Å². The Morgan fingerprint density at radius 2 is 1.90 bits per heavy atom. The van der Waals surface area contributed by atoms with Gasteiger partial charge in [0.15, 0.2) is 5.43 Å². The van der Waals surface area contributed by atoms with Crippen LogP contribution in [0.4, 0.5) is 0 Å². The fourth-order valence-corrected chi connectivity index (χ4v) is 4.55. The van der Waals surface area contributed by atoms with E-state index in [1.54, 1.807) is 12.3 Å². The molecular weight excluding hydrogens is 384 g/mol. The summed E-state index contributed by atoms with van der Waals surface area (Å²) in [6.07, 6.45) is 1.81. The van der Waals surface area contributed by atoms with Gasteiger partial charge in [-0.2, -0.15) is 5.10 Å². The highest BCUT2D eigenvalue weighted by molar-refractivity contribution is 6.31. The van der Waals surface area contributed by atoms with Gasteiger partial charge in [-0.3, -0.25) is 9.48 Å². The lowest BCUT2D eigenvalue weighted by Gasteiger charge is -2.22. The molecule has 1 aliphatic heterocycles. The van der Waals surface area contributed by atoms with Gasteiger partial charge in [-0.05, 0) is 36.5 Å². The highest BCUT2D eigenvalue weighted by Crippen LogP contribution is 2.35. The molecule has 0 fully saturated rings. The third-order valence-electron chi connectivity index (χ3n) is 5.64. The molecule has 0 radical (unpaired) electrons. The summed E-state index contributed by atoms with van der Waals surface area (Å²) in [5, 5.41) is 8.54. The largest absolute Gasteiger partial charge is 0.358 e. The lowest BCUT2D eigenvalue weighted by Crippen LogP contribution is -2.29. The van der Waals surface area contributed by atoms with Gasteiger partial charge < -0.3 is 10.3 Å². The fraction of sp³-hybridized carbons (Fsp3) is 0.391. The SMILES string of the molecule is Cc1cc(C(C)(C)C)c(Cl)cc1-c1cc(=O)c(-c2cnn3c2CNCC3)c(C)[nH]1. The first kappa shape index (κ1) is 19.9. The van der Waals surface area contributed by atoms with Crippen LogP contribution >= 0.6 is 11.6 Å². The van der Waals surface area contributed by atoms with Crippen molar-refractivity contribution in [1.82, 2.24) is 20.1 Å². The van der Waals surface area contributed by atoms with Gasteiger partial charge >= 0.3 is 0 Å². The third kappa shape index (κ3) is 3.53. The second-order valence-corrected chi connectivity index (χ2v) is 9.26. The zero-order valence-corrected chi connectivity index (χ0v) is 18.4. The van der Waals surface area contributed by atoms with Crippen molar-refractivity contribution in [1.29, 1.82) is 0 Å². The van der Waals surface area contributed by atoms with E-state index in [2.05, 4.69) is 49.2 Å². The van der Waals surface area contributed by atoms with Gasteiger partial charge in [0.25, 0.3) is 0 Å². The molecule has 0 saturated carbocycles. The number of pyridine rings is 1. The van der Waals surface area contributed by atoms with Gasteiger partial charge in [0.2, 0.25) is 0 Å². The van der Waals surface area contributed by atoms with E-state index < -0.39 is 0 Å². The van der Waals surface area contributed by atoms with Crippen LogP contribution in [-0.4, -0.2) is 21.3 Å². The zero-order chi connectivity index (χ0) is 20.9. The summed E-state index contributed by atoms with van der Waals surface area (Å²) in [6, 6.07) is 5.77. The van der Waals surface area contributed by atoms with Crippen LogP contribution in [0.15, 0.2) is 29.2 Å². The Kier molecular flexibility index (Phi) is 4.91. The number of benzene rings is 1. The van der Waals surface area contributed by atoms with Gasteiger partial charge in [0.1, 0.15) is 0 Å². The first-order valence-electron chi connectivity index (χ1n) is 9.97. The lowest BCUT2D eigenvalue weighted by atomic mass is 9.85. The molecule has 3 aromatic rings. The zero-order valence-electron chi connectivity index (χ0n) is 17.6. The Morgan fingerprint density at radius 3 is 2.59 bits per heavy atom. The Hall–Kier alpha value is -2.37. The van der Waals surface area contributed by atoms with Crippen LogP contribution in [-0.2, 0) is 18.5 Å². The molecule has 1 aliphatic rings. The summed E-state index contributed by atoms with van der Waals surface area (Å²) >= 11 is 6.60. The number of hydrogen-bond acceptors (Lipinski definition) is 3. The van der Waals surface area contributed by atoms with Crippen LogP contribution in [0.25, 0.3) is 22.4 Å². The molecule has 0 bridgehead atoms. The van der Waals surface area contributed by atoms with Crippen molar-refractivity contribution in [2.24, 2.45) is 0 Å². The number of aryl methyl sites for hydroxylation is 2. The maximum atomic E-state index is 13.1. The van der Waals surface area contributed by atoms with Gasteiger partial charge in [0, 0.05) is 46.7 Å². The van der Waals surface area contributed by atoms with Crippen molar-refractivity contribution < 1.29 is 0 Å². The Balaban J connectivity index is 1.82. The maximum Gasteiger partial charge on any atom is 0.190 e. The molecule has 0 aliphatic carbocycles. The summed E-state index contributed by atoms with van der Waals surface area (Å²) in [4.78, 5) is 16.6. The van der Waals surface area contributed by atoms with Crippen LogP contribution < -0.4 is 10.7 Å². The summed E-state index contributed by atoms with van der Waals surface area (Å²) in [7, 11) is 0. The number of aromatic amines is 1. The number of nitrogens with zero attached hydrogens (tertiary/aromatic N) is 2. The summed E-state index contributed by atoms with van der Waals surface area (Å²) < 4.78 is 1.98. The average Bonchev–Trinajstić information content (AvgIpc) is 3.06. The van der Waals surface area contributed by atoms with E-state index in [1.807, 2.05) is 17.7 Å². The number of halogens is 1. The average molecular weight is 411 g/mol. The van der Waals surface area contributed by atoms with Crippen molar-refractivity contribution in [3.8, 4) is 22.4 Å². The second kappa shape index (κ2) is 7.15. The number of nitrogens with one attached hydrogen (secondary N) is 2. The highest BCUT2D eigenvalue weighted by Gasteiger charge is 2.22. The summed E-state index contributed by atoms with van der Waals surface area (Å²) in [5.41, 5.74) is 7.38. The van der Waals surface area contributed by atoms with Crippen molar-refractivity contribution in [3.05, 3.63) is 62.2 Å². The molecule has 0 unspecified atom stereocenters. The minimum atomic E-state index is -0.0386. The Morgan fingerprint density at radius 1 is 1.14 bits per heavy atom. The van der Waals surface area contributed by atoms with Crippen molar-refractivity contribution >= 4 is 11.6 Å². The molecule has 0 saturated heterocycles. The smallest absolute Gasteiger partial charge is 0.190 e.